The van der Waals surface area contributed by atoms with Crippen molar-refractivity contribution in [2.24, 2.45) is 21.7 Å². The number of ether oxygens (including phenoxy) is 5. The second-order valence-corrected chi connectivity index (χ2v) is 16.2. The van der Waals surface area contributed by atoms with Crippen LogP contribution >= 0.6 is 0 Å². The van der Waals surface area contributed by atoms with Crippen LogP contribution in [0.2, 0.25) is 0 Å². The molecule has 3 aliphatic heterocycles. The smallest absolute Gasteiger partial charge is 0.351 e. The van der Waals surface area contributed by atoms with Crippen LogP contribution in [0.1, 0.15) is 98.5 Å². The maximum absolute atomic E-state index is 14.5. The Bertz CT molecular complexity index is 1870. The third-order valence-electron chi connectivity index (χ3n) is 13.2. The molecule has 2 aliphatic carbocycles. The Balaban J connectivity index is 1.38. The first kappa shape index (κ1) is 32.6. The lowest BCUT2D eigenvalue weighted by molar-refractivity contribution is -0.217. The fourth-order valence-electron chi connectivity index (χ4n) is 8.90. The Morgan fingerprint density at radius 1 is 0.792 bits per heavy atom. The fraction of sp³-hybridized carbons (Fsp3) is 0.639. The van der Waals surface area contributed by atoms with Gasteiger partial charge in [-0.25, -0.2) is 9.59 Å². The predicted molar refractivity (Wildman–Crippen MR) is 169 cm³/mol. The van der Waals surface area contributed by atoms with Crippen molar-refractivity contribution < 1.29 is 47.3 Å². The summed E-state index contributed by atoms with van der Waals surface area (Å²) in [7, 11) is 1.71. The molecule has 12 nitrogen and oxygen atoms in total. The zero-order valence-corrected chi connectivity index (χ0v) is 28.9. The summed E-state index contributed by atoms with van der Waals surface area (Å²) in [6, 6.07) is 4.55. The molecule has 0 spiro atoms. The van der Waals surface area contributed by atoms with E-state index in [0.717, 1.165) is 0 Å². The van der Waals surface area contributed by atoms with E-state index in [9.17, 15) is 24.0 Å². The van der Waals surface area contributed by atoms with Gasteiger partial charge in [-0.1, -0.05) is 27.7 Å². The van der Waals surface area contributed by atoms with Gasteiger partial charge in [0.1, 0.15) is 22.7 Å². The van der Waals surface area contributed by atoms with Gasteiger partial charge in [0.2, 0.25) is 11.2 Å². The summed E-state index contributed by atoms with van der Waals surface area (Å²) in [6.07, 6.45) is -1.33. The Labute approximate surface area is 278 Å². The van der Waals surface area contributed by atoms with E-state index in [2.05, 4.69) is 5.32 Å². The van der Waals surface area contributed by atoms with Crippen LogP contribution < -0.4 is 15.5 Å². The van der Waals surface area contributed by atoms with Crippen molar-refractivity contribution in [3.8, 4) is 5.75 Å². The van der Waals surface area contributed by atoms with Crippen LogP contribution in [0.15, 0.2) is 27.4 Å². The molecule has 0 unspecified atom stereocenters. The van der Waals surface area contributed by atoms with Gasteiger partial charge in [0.15, 0.2) is 17.6 Å². The van der Waals surface area contributed by atoms with E-state index in [-0.39, 0.29) is 47.1 Å². The minimum atomic E-state index is -1.60. The molecule has 48 heavy (non-hydrogen) atoms. The van der Waals surface area contributed by atoms with E-state index < -0.39 is 74.5 Å². The molecular weight excluding hydrogens is 622 g/mol. The largest absolute Gasteiger partial charge is 0.483 e. The Kier molecular flexibility index (Phi) is 6.53. The molecule has 12 heteroatoms. The number of nitrogens with one attached hydrogen (secondary N) is 1. The molecule has 2 aromatic rings. The van der Waals surface area contributed by atoms with Gasteiger partial charge in [0.25, 0.3) is 0 Å². The monoisotopic (exact) mass is 665 g/mol. The van der Waals surface area contributed by atoms with Crippen molar-refractivity contribution >= 4 is 34.8 Å². The number of esters is 4. The zero-order valence-electron chi connectivity index (χ0n) is 28.9. The van der Waals surface area contributed by atoms with Crippen molar-refractivity contribution in [2.45, 2.75) is 117 Å². The first-order valence-corrected chi connectivity index (χ1v) is 16.6. The van der Waals surface area contributed by atoms with Crippen LogP contribution in [0.5, 0.6) is 5.75 Å². The van der Waals surface area contributed by atoms with E-state index in [1.807, 2.05) is 27.7 Å². The molecule has 7 rings (SSSR count). The standard InChI is InChI=1S/C36H43NO11/c1-30(2)25(45-29(42)36-15-13-34(8,27(40)48-36)32(36,5)6)24(44-28(41)35-14-12-33(7,26(39)47-35)31(35,3)4)22-21(46-30)11-10-19-20(38)16-18(17-37-9)43-23(19)22/h10-11,16,24-25,37H,12-15,17H2,1-9H3/t24-,25-,33+,34+,35-,36-/m1/s1. The van der Waals surface area contributed by atoms with E-state index in [0.29, 0.717) is 18.6 Å². The fourth-order valence-corrected chi connectivity index (χ4v) is 8.90. The molecule has 1 aromatic carbocycles. The van der Waals surface area contributed by atoms with Crippen LogP contribution in [0.3, 0.4) is 0 Å². The number of fused-ring (bicyclic) bond motifs is 7. The Hall–Kier alpha value is -3.93. The molecule has 4 fully saturated rings. The predicted octanol–water partition coefficient (Wildman–Crippen LogP) is 4.42. The molecule has 0 radical (unpaired) electrons. The number of hydrogen-bond donors (Lipinski definition) is 1. The van der Waals surface area contributed by atoms with E-state index in [1.54, 1.807) is 46.9 Å². The van der Waals surface area contributed by atoms with Crippen molar-refractivity contribution in [1.29, 1.82) is 0 Å². The minimum Gasteiger partial charge on any atom is -0.483 e. The first-order chi connectivity index (χ1) is 22.2. The molecule has 4 bridgehead atoms. The van der Waals surface area contributed by atoms with Gasteiger partial charge in [0, 0.05) is 16.9 Å². The van der Waals surface area contributed by atoms with Crippen molar-refractivity contribution in [3.63, 3.8) is 0 Å². The number of carbonyl (C=O) groups is 4. The molecular formula is C36H43NO11. The van der Waals surface area contributed by atoms with E-state index >= 15 is 0 Å². The summed E-state index contributed by atoms with van der Waals surface area (Å²) in [6.45, 7) is 14.5. The lowest BCUT2D eigenvalue weighted by Crippen LogP contribution is -2.57. The van der Waals surface area contributed by atoms with Crippen LogP contribution in [0.25, 0.3) is 11.0 Å². The SMILES string of the molecule is CNCc1cc(=O)c2ccc3c(c2o1)[C@@H](OC(=O)[C@@]12CC[C@@](C)(C(=O)O1)C2(C)C)[C@@H](OC(=O)[C@@]12CC[C@@](C)(C(=O)O1)C2(C)C)C(C)(C)O3. The van der Waals surface area contributed by atoms with Crippen LogP contribution in [0.4, 0.5) is 0 Å². The zero-order chi connectivity index (χ0) is 35.0. The van der Waals surface area contributed by atoms with Gasteiger partial charge in [-0.15, -0.1) is 0 Å². The quantitative estimate of drug-likeness (QED) is 0.343. The maximum Gasteiger partial charge on any atom is 0.351 e. The van der Waals surface area contributed by atoms with Gasteiger partial charge in [-0.2, -0.15) is 0 Å². The third-order valence-corrected chi connectivity index (χ3v) is 13.2. The molecule has 1 aromatic heterocycles. The highest BCUT2D eigenvalue weighted by atomic mass is 16.7. The summed E-state index contributed by atoms with van der Waals surface area (Å²) in [4.78, 5) is 68.4. The molecule has 5 aliphatic rings. The number of rotatable bonds is 6. The van der Waals surface area contributed by atoms with E-state index in [1.165, 1.54) is 6.07 Å². The van der Waals surface area contributed by atoms with Gasteiger partial charge in [0.05, 0.1) is 28.3 Å². The second-order valence-electron chi connectivity index (χ2n) is 16.2. The summed E-state index contributed by atoms with van der Waals surface area (Å²) in [5.41, 5.74) is -8.14. The topological polar surface area (TPSA) is 157 Å². The minimum absolute atomic E-state index is 0.107. The summed E-state index contributed by atoms with van der Waals surface area (Å²) in [5.74, 6) is -1.95. The van der Waals surface area contributed by atoms with Gasteiger partial charge >= 0.3 is 23.9 Å². The van der Waals surface area contributed by atoms with Gasteiger partial charge in [-0.05, 0) is 72.6 Å². The van der Waals surface area contributed by atoms with Crippen LogP contribution in [-0.4, -0.2) is 53.8 Å². The second kappa shape index (κ2) is 9.61. The molecule has 2 saturated heterocycles. The third kappa shape index (κ3) is 3.67. The maximum atomic E-state index is 14.5. The molecule has 4 heterocycles. The molecule has 1 N–H and O–H groups in total. The average Bonchev–Trinajstić information content (AvgIpc) is 3.46. The summed E-state index contributed by atoms with van der Waals surface area (Å²) < 4.78 is 37.2. The highest BCUT2D eigenvalue weighted by molar-refractivity contribution is 5.95. The van der Waals surface area contributed by atoms with Crippen LogP contribution in [-0.2, 0) is 44.7 Å². The molecule has 258 valence electrons. The first-order valence-electron chi connectivity index (χ1n) is 16.6. The lowest BCUT2D eigenvalue weighted by Gasteiger charge is -2.45. The van der Waals surface area contributed by atoms with Gasteiger partial charge < -0.3 is 33.4 Å². The number of carbonyl (C=O) groups excluding carboxylic acids is 4. The Morgan fingerprint density at radius 2 is 1.33 bits per heavy atom. The average molecular weight is 666 g/mol. The molecule has 0 amide bonds. The number of benzene rings is 1. The van der Waals surface area contributed by atoms with Crippen LogP contribution in [0, 0.1) is 21.7 Å². The molecule has 6 atom stereocenters. The number of hydrogen-bond acceptors (Lipinski definition) is 12. The highest BCUT2D eigenvalue weighted by Crippen LogP contribution is 2.67. The molecule has 2 saturated carbocycles. The normalized spacial score (nSPS) is 36.3. The lowest BCUT2D eigenvalue weighted by atomic mass is 9.66. The van der Waals surface area contributed by atoms with Crippen molar-refractivity contribution in [1.82, 2.24) is 5.32 Å². The van der Waals surface area contributed by atoms with Gasteiger partial charge in [-0.3, -0.25) is 14.4 Å². The Morgan fingerprint density at radius 3 is 1.81 bits per heavy atom. The van der Waals surface area contributed by atoms with Crippen molar-refractivity contribution in [2.75, 3.05) is 7.05 Å². The van der Waals surface area contributed by atoms with E-state index in [4.69, 9.17) is 28.1 Å². The summed E-state index contributed by atoms with van der Waals surface area (Å²) >= 11 is 0. The highest BCUT2D eigenvalue weighted by Gasteiger charge is 2.78. The van der Waals surface area contributed by atoms with Crippen molar-refractivity contribution in [3.05, 3.63) is 39.7 Å². The summed E-state index contributed by atoms with van der Waals surface area (Å²) in [5, 5.41) is 3.18.